The number of aromatic nitrogens is 2. The Labute approximate surface area is 119 Å². The van der Waals surface area contributed by atoms with Crippen LogP contribution in [0.1, 0.15) is 89.8 Å². The number of aryl methyl sites for hydroxylation is 1. The van der Waals surface area contributed by atoms with E-state index in [4.69, 9.17) is 0 Å². The number of hydrogen-bond donors (Lipinski definition) is 0. The lowest BCUT2D eigenvalue weighted by Crippen LogP contribution is -2.07. The summed E-state index contributed by atoms with van der Waals surface area (Å²) in [5, 5.41) is 0. The van der Waals surface area contributed by atoms with Gasteiger partial charge in [0.15, 0.2) is 0 Å². The van der Waals surface area contributed by atoms with Crippen molar-refractivity contribution in [1.29, 1.82) is 0 Å². The summed E-state index contributed by atoms with van der Waals surface area (Å²) in [6, 6.07) is 0. The molecule has 0 atom stereocenters. The molecule has 0 radical (unpaired) electrons. The Morgan fingerprint density at radius 2 is 1.53 bits per heavy atom. The van der Waals surface area contributed by atoms with Crippen LogP contribution in [0.3, 0.4) is 0 Å². The lowest BCUT2D eigenvalue weighted by molar-refractivity contribution is 0.470. The molecule has 0 spiro atoms. The molecule has 1 aromatic heterocycles. The number of hydrogen-bond acceptors (Lipinski definition) is 1. The summed E-state index contributed by atoms with van der Waals surface area (Å²) in [5.74, 6) is 1.97. The van der Waals surface area contributed by atoms with Gasteiger partial charge in [-0.1, -0.05) is 65.2 Å². The van der Waals surface area contributed by atoms with E-state index in [1.54, 1.807) is 0 Å². The van der Waals surface area contributed by atoms with Crippen molar-refractivity contribution in [2.24, 2.45) is 7.05 Å². The molecule has 0 aliphatic rings. The topological polar surface area (TPSA) is 17.8 Å². The summed E-state index contributed by atoms with van der Waals surface area (Å²) >= 11 is 0. The van der Waals surface area contributed by atoms with Gasteiger partial charge in [0.2, 0.25) is 0 Å². The highest BCUT2D eigenvalue weighted by atomic mass is 15.0. The van der Waals surface area contributed by atoms with Gasteiger partial charge in [-0.3, -0.25) is 0 Å². The van der Waals surface area contributed by atoms with Crippen molar-refractivity contribution in [3.8, 4) is 0 Å². The van der Waals surface area contributed by atoms with Gasteiger partial charge < -0.3 is 4.57 Å². The number of nitrogens with zero attached hydrogens (tertiary/aromatic N) is 2. The first-order valence-corrected chi connectivity index (χ1v) is 8.26. The summed E-state index contributed by atoms with van der Waals surface area (Å²) in [7, 11) is 2.13. The Morgan fingerprint density at radius 3 is 1.95 bits per heavy atom. The van der Waals surface area contributed by atoms with Crippen molar-refractivity contribution in [1.82, 2.24) is 9.55 Å². The standard InChI is InChI=1S/C17H32N2/c1-4-6-8-10-12-16(13-11-9-7-5-2)17-18-14-15-19(17)3/h14-16H,4-13H2,1-3H3. The zero-order valence-electron chi connectivity index (χ0n) is 13.2. The fourth-order valence-corrected chi connectivity index (χ4v) is 2.81. The molecule has 0 N–H and O–H groups in total. The molecule has 0 unspecified atom stereocenters. The van der Waals surface area contributed by atoms with E-state index in [1.807, 2.05) is 6.20 Å². The van der Waals surface area contributed by atoms with Gasteiger partial charge in [0.05, 0.1) is 0 Å². The van der Waals surface area contributed by atoms with Gasteiger partial charge in [0.1, 0.15) is 5.82 Å². The maximum absolute atomic E-state index is 4.58. The van der Waals surface area contributed by atoms with Crippen LogP contribution in [0.25, 0.3) is 0 Å². The zero-order valence-corrected chi connectivity index (χ0v) is 13.2. The van der Waals surface area contributed by atoms with Gasteiger partial charge in [0.25, 0.3) is 0 Å². The second kappa shape index (κ2) is 10.1. The summed E-state index contributed by atoms with van der Waals surface area (Å²) in [6.07, 6.45) is 17.5. The van der Waals surface area contributed by atoms with E-state index in [0.717, 1.165) is 0 Å². The van der Waals surface area contributed by atoms with Gasteiger partial charge in [-0.2, -0.15) is 0 Å². The van der Waals surface area contributed by atoms with Crippen LogP contribution < -0.4 is 0 Å². The van der Waals surface area contributed by atoms with Crippen molar-refractivity contribution >= 4 is 0 Å². The molecule has 2 heteroatoms. The minimum Gasteiger partial charge on any atom is -0.338 e. The second-order valence-corrected chi connectivity index (χ2v) is 5.79. The highest BCUT2D eigenvalue weighted by molar-refractivity contribution is 4.99. The van der Waals surface area contributed by atoms with Gasteiger partial charge >= 0.3 is 0 Å². The minimum atomic E-state index is 0.675. The summed E-state index contributed by atoms with van der Waals surface area (Å²) < 4.78 is 2.21. The lowest BCUT2D eigenvalue weighted by atomic mass is 9.93. The maximum Gasteiger partial charge on any atom is 0.111 e. The average molecular weight is 264 g/mol. The lowest BCUT2D eigenvalue weighted by Gasteiger charge is -2.16. The summed E-state index contributed by atoms with van der Waals surface area (Å²) in [5.41, 5.74) is 0. The van der Waals surface area contributed by atoms with Crippen LogP contribution in [0.4, 0.5) is 0 Å². The van der Waals surface area contributed by atoms with Gasteiger partial charge in [-0.15, -0.1) is 0 Å². The highest BCUT2D eigenvalue weighted by Gasteiger charge is 2.15. The van der Waals surface area contributed by atoms with Crippen molar-refractivity contribution in [3.63, 3.8) is 0 Å². The van der Waals surface area contributed by atoms with Crippen LogP contribution in [-0.2, 0) is 7.05 Å². The van der Waals surface area contributed by atoms with E-state index in [9.17, 15) is 0 Å². The first-order valence-electron chi connectivity index (χ1n) is 8.26. The quantitative estimate of drug-likeness (QED) is 0.486. The fourth-order valence-electron chi connectivity index (χ4n) is 2.81. The van der Waals surface area contributed by atoms with Gasteiger partial charge in [0, 0.05) is 25.4 Å². The van der Waals surface area contributed by atoms with Crippen LogP contribution in [0.5, 0.6) is 0 Å². The predicted molar refractivity (Wildman–Crippen MR) is 83.5 cm³/mol. The summed E-state index contributed by atoms with van der Waals surface area (Å²) in [4.78, 5) is 4.58. The molecule has 0 aliphatic carbocycles. The first-order chi connectivity index (χ1) is 9.29. The Balaban J connectivity index is 2.41. The molecule has 1 rings (SSSR count). The molecule has 0 aromatic carbocycles. The van der Waals surface area contributed by atoms with Crippen LogP contribution in [0.15, 0.2) is 12.4 Å². The Morgan fingerprint density at radius 1 is 0.947 bits per heavy atom. The molecule has 0 bridgehead atoms. The van der Waals surface area contributed by atoms with E-state index >= 15 is 0 Å². The van der Waals surface area contributed by atoms with E-state index < -0.39 is 0 Å². The van der Waals surface area contributed by atoms with Crippen molar-refractivity contribution in [2.45, 2.75) is 84.0 Å². The highest BCUT2D eigenvalue weighted by Crippen LogP contribution is 2.27. The smallest absolute Gasteiger partial charge is 0.111 e. The monoisotopic (exact) mass is 264 g/mol. The van der Waals surface area contributed by atoms with Crippen LogP contribution in [0.2, 0.25) is 0 Å². The maximum atomic E-state index is 4.58. The molecule has 0 amide bonds. The molecule has 1 heterocycles. The van der Waals surface area contributed by atoms with E-state index in [-0.39, 0.29) is 0 Å². The second-order valence-electron chi connectivity index (χ2n) is 5.79. The average Bonchev–Trinajstić information content (AvgIpc) is 2.83. The van der Waals surface area contributed by atoms with E-state index in [2.05, 4.69) is 36.6 Å². The molecule has 0 saturated carbocycles. The van der Waals surface area contributed by atoms with Crippen molar-refractivity contribution in [3.05, 3.63) is 18.2 Å². The Kier molecular flexibility index (Phi) is 8.61. The predicted octanol–water partition coefficient (Wildman–Crippen LogP) is 5.44. The number of unbranched alkanes of at least 4 members (excludes halogenated alkanes) is 6. The summed E-state index contributed by atoms with van der Waals surface area (Å²) in [6.45, 7) is 4.56. The molecule has 0 fully saturated rings. The van der Waals surface area contributed by atoms with Crippen LogP contribution in [-0.4, -0.2) is 9.55 Å². The Bertz CT molecular complexity index is 305. The van der Waals surface area contributed by atoms with E-state index in [1.165, 1.54) is 70.0 Å². The zero-order chi connectivity index (χ0) is 13.9. The first kappa shape index (κ1) is 16.3. The van der Waals surface area contributed by atoms with Gasteiger partial charge in [-0.05, 0) is 12.8 Å². The molecule has 19 heavy (non-hydrogen) atoms. The van der Waals surface area contributed by atoms with Crippen molar-refractivity contribution in [2.75, 3.05) is 0 Å². The third kappa shape index (κ3) is 6.26. The Hall–Kier alpha value is -0.790. The molecular formula is C17H32N2. The molecule has 0 saturated heterocycles. The molecule has 1 aromatic rings. The molecule has 110 valence electrons. The van der Waals surface area contributed by atoms with Crippen LogP contribution in [0, 0.1) is 0 Å². The van der Waals surface area contributed by atoms with E-state index in [0.29, 0.717) is 5.92 Å². The van der Waals surface area contributed by atoms with Crippen LogP contribution >= 0.6 is 0 Å². The molecule has 0 aliphatic heterocycles. The molecule has 2 nitrogen and oxygen atoms in total. The molecular weight excluding hydrogens is 232 g/mol. The SMILES string of the molecule is CCCCCCC(CCCCCC)c1nccn1C. The largest absolute Gasteiger partial charge is 0.338 e. The fraction of sp³-hybridized carbons (Fsp3) is 0.824. The third-order valence-corrected chi connectivity index (χ3v) is 4.04. The van der Waals surface area contributed by atoms with Crippen molar-refractivity contribution < 1.29 is 0 Å². The minimum absolute atomic E-state index is 0.675. The normalized spacial score (nSPS) is 11.4. The third-order valence-electron chi connectivity index (χ3n) is 4.04. The van der Waals surface area contributed by atoms with Gasteiger partial charge in [-0.25, -0.2) is 4.98 Å². The number of imidazole rings is 1. The number of rotatable bonds is 11.